The van der Waals surface area contributed by atoms with Gasteiger partial charge in [0, 0.05) is 13.0 Å². The Morgan fingerprint density at radius 1 is 1.50 bits per heavy atom. The standard InChI is InChI=1S/C10H15N5O5/c1-20-8(16)4-6(9(17)18)14-10(19)11-3-2-7-12-5-13-15-7/h5-6H,2-4H2,1H3,(H,17,18)(H2,11,14,19)(H,12,13,15)/t6-/m0/s1. The Bertz CT molecular complexity index is 461. The van der Waals surface area contributed by atoms with Crippen LogP contribution in [0.5, 0.6) is 0 Å². The zero-order chi connectivity index (χ0) is 15.0. The summed E-state index contributed by atoms with van der Waals surface area (Å²) in [6.45, 7) is 0.242. The number of carboxylic acids is 1. The lowest BCUT2D eigenvalue weighted by molar-refractivity contribution is -0.147. The normalized spacial score (nSPS) is 11.4. The molecule has 1 atom stereocenters. The molecular formula is C10H15N5O5. The SMILES string of the molecule is COC(=O)C[C@H](NC(=O)NCCc1ncn[nH]1)C(=O)O. The molecule has 1 aromatic heterocycles. The molecule has 10 heteroatoms. The van der Waals surface area contributed by atoms with E-state index in [4.69, 9.17) is 5.11 Å². The minimum atomic E-state index is -1.34. The van der Waals surface area contributed by atoms with Gasteiger partial charge in [-0.25, -0.2) is 14.6 Å². The fourth-order valence-corrected chi connectivity index (χ4v) is 1.31. The van der Waals surface area contributed by atoms with Crippen molar-refractivity contribution in [3.8, 4) is 0 Å². The third-order valence-electron chi connectivity index (χ3n) is 2.31. The minimum Gasteiger partial charge on any atom is -0.480 e. The molecule has 1 heterocycles. The first-order valence-corrected chi connectivity index (χ1v) is 5.71. The van der Waals surface area contributed by atoms with E-state index in [0.29, 0.717) is 12.2 Å². The van der Waals surface area contributed by atoms with Gasteiger partial charge in [-0.15, -0.1) is 0 Å². The summed E-state index contributed by atoms with van der Waals surface area (Å²) in [6.07, 6.45) is 1.32. The molecule has 1 aromatic rings. The molecule has 4 N–H and O–H groups in total. The summed E-state index contributed by atoms with van der Waals surface area (Å²) < 4.78 is 4.35. The van der Waals surface area contributed by atoms with Crippen LogP contribution in [0.1, 0.15) is 12.2 Å². The summed E-state index contributed by atoms with van der Waals surface area (Å²) in [7, 11) is 1.14. The van der Waals surface area contributed by atoms with Crippen molar-refractivity contribution in [2.75, 3.05) is 13.7 Å². The molecule has 110 valence electrons. The smallest absolute Gasteiger partial charge is 0.326 e. The number of hydrogen-bond donors (Lipinski definition) is 4. The van der Waals surface area contributed by atoms with Gasteiger partial charge in [0.1, 0.15) is 18.2 Å². The van der Waals surface area contributed by atoms with E-state index in [9.17, 15) is 14.4 Å². The number of nitrogens with zero attached hydrogens (tertiary/aromatic N) is 2. The molecule has 0 radical (unpaired) electrons. The zero-order valence-electron chi connectivity index (χ0n) is 10.8. The predicted molar refractivity (Wildman–Crippen MR) is 64.7 cm³/mol. The molecule has 0 aliphatic heterocycles. The third-order valence-corrected chi connectivity index (χ3v) is 2.31. The van der Waals surface area contributed by atoms with E-state index in [0.717, 1.165) is 7.11 Å². The molecule has 0 unspecified atom stereocenters. The topological polar surface area (TPSA) is 146 Å². The summed E-state index contributed by atoms with van der Waals surface area (Å²) in [5.74, 6) is -1.45. The second-order valence-corrected chi connectivity index (χ2v) is 3.75. The number of carboxylic acid groups (broad SMARTS) is 1. The van der Waals surface area contributed by atoms with E-state index in [1.54, 1.807) is 0 Å². The molecule has 0 saturated heterocycles. The Morgan fingerprint density at radius 3 is 2.80 bits per heavy atom. The summed E-state index contributed by atoms with van der Waals surface area (Å²) in [6, 6.07) is -2.03. The second-order valence-electron chi connectivity index (χ2n) is 3.75. The van der Waals surface area contributed by atoms with Gasteiger partial charge in [-0.3, -0.25) is 9.89 Å². The molecule has 0 aliphatic carbocycles. The zero-order valence-corrected chi connectivity index (χ0v) is 10.8. The minimum absolute atomic E-state index is 0.242. The van der Waals surface area contributed by atoms with Crippen molar-refractivity contribution in [3.05, 3.63) is 12.2 Å². The van der Waals surface area contributed by atoms with Gasteiger partial charge >= 0.3 is 18.0 Å². The molecule has 0 saturated carbocycles. The van der Waals surface area contributed by atoms with Gasteiger partial charge in [-0.1, -0.05) is 0 Å². The number of aliphatic carboxylic acids is 1. The first-order valence-electron chi connectivity index (χ1n) is 5.71. The van der Waals surface area contributed by atoms with Crippen molar-refractivity contribution in [1.29, 1.82) is 0 Å². The van der Waals surface area contributed by atoms with Gasteiger partial charge in [0.2, 0.25) is 0 Å². The van der Waals surface area contributed by atoms with Crippen molar-refractivity contribution >= 4 is 18.0 Å². The van der Waals surface area contributed by atoms with Crippen molar-refractivity contribution in [2.45, 2.75) is 18.9 Å². The molecule has 0 bridgehead atoms. The van der Waals surface area contributed by atoms with Crippen LogP contribution >= 0.6 is 0 Å². The van der Waals surface area contributed by atoms with Gasteiger partial charge in [-0.2, -0.15) is 5.10 Å². The Morgan fingerprint density at radius 2 is 2.25 bits per heavy atom. The maximum atomic E-state index is 11.5. The second kappa shape index (κ2) is 7.71. The molecule has 2 amide bonds. The van der Waals surface area contributed by atoms with Crippen molar-refractivity contribution in [1.82, 2.24) is 25.8 Å². The van der Waals surface area contributed by atoms with Crippen LogP contribution in [0, 0.1) is 0 Å². The third kappa shape index (κ3) is 5.33. The van der Waals surface area contributed by atoms with Crippen LogP contribution in [0.15, 0.2) is 6.33 Å². The number of ether oxygens (including phenoxy) is 1. The fraction of sp³-hybridized carbons (Fsp3) is 0.500. The van der Waals surface area contributed by atoms with E-state index in [2.05, 4.69) is 30.6 Å². The molecule has 0 spiro atoms. The lowest BCUT2D eigenvalue weighted by atomic mass is 10.2. The molecule has 10 nitrogen and oxygen atoms in total. The highest BCUT2D eigenvalue weighted by molar-refractivity contribution is 5.86. The fourth-order valence-electron chi connectivity index (χ4n) is 1.31. The highest BCUT2D eigenvalue weighted by atomic mass is 16.5. The average molecular weight is 285 g/mol. The van der Waals surface area contributed by atoms with Gasteiger partial charge < -0.3 is 20.5 Å². The quantitative estimate of drug-likeness (QED) is 0.453. The van der Waals surface area contributed by atoms with Crippen LogP contribution in [0.2, 0.25) is 0 Å². The number of carbonyl (C=O) groups is 3. The first kappa shape index (κ1) is 15.4. The van der Waals surface area contributed by atoms with E-state index >= 15 is 0 Å². The Kier molecular flexibility index (Phi) is 5.94. The van der Waals surface area contributed by atoms with Gasteiger partial charge in [0.15, 0.2) is 0 Å². The van der Waals surface area contributed by atoms with Crippen molar-refractivity contribution in [3.63, 3.8) is 0 Å². The van der Waals surface area contributed by atoms with Crippen LogP contribution in [0.25, 0.3) is 0 Å². The largest absolute Gasteiger partial charge is 0.480 e. The molecule has 0 aliphatic rings. The summed E-state index contributed by atoms with van der Waals surface area (Å²) in [5, 5.41) is 19.7. The average Bonchev–Trinajstić information content (AvgIpc) is 2.90. The molecule has 0 aromatic carbocycles. The number of H-pyrrole nitrogens is 1. The van der Waals surface area contributed by atoms with E-state index in [1.165, 1.54) is 6.33 Å². The van der Waals surface area contributed by atoms with Gasteiger partial charge in [0.25, 0.3) is 0 Å². The number of methoxy groups -OCH3 is 1. The number of carbonyl (C=O) groups excluding carboxylic acids is 2. The van der Waals surface area contributed by atoms with Gasteiger partial charge in [-0.05, 0) is 0 Å². The first-order chi connectivity index (χ1) is 9.52. The van der Waals surface area contributed by atoms with E-state index in [-0.39, 0.29) is 6.54 Å². The summed E-state index contributed by atoms with van der Waals surface area (Å²) in [5.41, 5.74) is 0. The van der Waals surface area contributed by atoms with Crippen LogP contribution in [-0.2, 0) is 20.7 Å². The maximum Gasteiger partial charge on any atom is 0.326 e. The molecule has 1 rings (SSSR count). The molecule has 20 heavy (non-hydrogen) atoms. The number of amides is 2. The number of rotatable bonds is 7. The monoisotopic (exact) mass is 285 g/mol. The lowest BCUT2D eigenvalue weighted by Gasteiger charge is -2.13. The lowest BCUT2D eigenvalue weighted by Crippen LogP contribution is -2.47. The molecule has 0 fully saturated rings. The number of aromatic nitrogens is 3. The Labute approximate surface area is 113 Å². The number of urea groups is 1. The number of hydrogen-bond acceptors (Lipinski definition) is 6. The van der Waals surface area contributed by atoms with Crippen molar-refractivity contribution < 1.29 is 24.2 Å². The predicted octanol–water partition coefficient (Wildman–Crippen LogP) is -1.34. The Hall–Kier alpha value is -2.65. The van der Waals surface area contributed by atoms with Gasteiger partial charge in [0.05, 0.1) is 13.5 Å². The van der Waals surface area contributed by atoms with Crippen LogP contribution in [0.4, 0.5) is 4.79 Å². The summed E-state index contributed by atoms with van der Waals surface area (Å²) in [4.78, 5) is 37.2. The van der Waals surface area contributed by atoms with E-state index in [1.807, 2.05) is 0 Å². The Balaban J connectivity index is 2.34. The van der Waals surface area contributed by atoms with Crippen LogP contribution in [0.3, 0.4) is 0 Å². The van der Waals surface area contributed by atoms with E-state index < -0.39 is 30.4 Å². The maximum absolute atomic E-state index is 11.5. The van der Waals surface area contributed by atoms with Crippen molar-refractivity contribution in [2.24, 2.45) is 0 Å². The highest BCUT2D eigenvalue weighted by Gasteiger charge is 2.23. The van der Waals surface area contributed by atoms with Crippen LogP contribution < -0.4 is 10.6 Å². The number of nitrogens with one attached hydrogen (secondary N) is 3. The highest BCUT2D eigenvalue weighted by Crippen LogP contribution is 1.95. The molecular weight excluding hydrogens is 270 g/mol. The number of esters is 1. The van der Waals surface area contributed by atoms with Crippen LogP contribution in [-0.4, -0.2) is 58.0 Å². The number of aromatic amines is 1. The summed E-state index contributed by atoms with van der Waals surface area (Å²) >= 11 is 0.